The molecule has 2 heterocycles. The number of carbonyl (C=O) groups excluding carboxylic acids is 1. The zero-order valence-electron chi connectivity index (χ0n) is 15.1. The summed E-state index contributed by atoms with van der Waals surface area (Å²) in [6.45, 7) is 1.51. The highest BCUT2D eigenvalue weighted by molar-refractivity contribution is 5.96. The van der Waals surface area contributed by atoms with E-state index in [2.05, 4.69) is 14.9 Å². The van der Waals surface area contributed by atoms with Gasteiger partial charge in [0.25, 0.3) is 5.91 Å². The average Bonchev–Trinajstić information content (AvgIpc) is 3.16. The Morgan fingerprint density at radius 1 is 1.22 bits per heavy atom. The summed E-state index contributed by atoms with van der Waals surface area (Å²) in [5.74, 6) is 1.29. The first-order valence-corrected chi connectivity index (χ1v) is 8.89. The molecule has 1 N–H and O–H groups in total. The Bertz CT molecular complexity index is 937. The molecule has 1 atom stereocenters. The Hall–Kier alpha value is -3.12. The zero-order chi connectivity index (χ0) is 18.6. The molecule has 3 aromatic rings. The molecule has 27 heavy (non-hydrogen) atoms. The molecule has 0 bridgehead atoms. The largest absolute Gasteiger partial charge is 0.496 e. The number of para-hydroxylation sites is 1. The minimum absolute atomic E-state index is 0.103. The van der Waals surface area contributed by atoms with Gasteiger partial charge in [-0.15, -0.1) is 0 Å². The maximum absolute atomic E-state index is 12.4. The minimum atomic E-state index is -0.169. The van der Waals surface area contributed by atoms with Crippen molar-refractivity contribution in [2.75, 3.05) is 13.7 Å². The molecular formula is C21H21N3O3. The topological polar surface area (TPSA) is 65.4 Å². The average molecular weight is 363 g/mol. The van der Waals surface area contributed by atoms with Crippen LogP contribution in [0.5, 0.6) is 5.75 Å². The van der Waals surface area contributed by atoms with Crippen LogP contribution in [0.15, 0.2) is 60.8 Å². The molecule has 1 aromatic heterocycles. The van der Waals surface area contributed by atoms with Crippen LogP contribution < -0.4 is 10.1 Å². The minimum Gasteiger partial charge on any atom is -0.496 e. The molecule has 6 nitrogen and oxygen atoms in total. The van der Waals surface area contributed by atoms with Crippen molar-refractivity contribution in [1.29, 1.82) is 0 Å². The van der Waals surface area contributed by atoms with Crippen LogP contribution in [0.1, 0.15) is 16.2 Å². The lowest BCUT2D eigenvalue weighted by atomic mass is 10.2. The van der Waals surface area contributed by atoms with Gasteiger partial charge in [-0.05, 0) is 12.1 Å². The summed E-state index contributed by atoms with van der Waals surface area (Å²) in [5.41, 5.74) is 2.54. The number of carbonyl (C=O) groups is 1. The van der Waals surface area contributed by atoms with Gasteiger partial charge < -0.3 is 19.4 Å². The van der Waals surface area contributed by atoms with E-state index in [1.165, 1.54) is 0 Å². The van der Waals surface area contributed by atoms with Crippen molar-refractivity contribution < 1.29 is 14.3 Å². The Morgan fingerprint density at radius 2 is 2.00 bits per heavy atom. The van der Waals surface area contributed by atoms with E-state index in [1.807, 2.05) is 48.7 Å². The molecule has 4 rings (SSSR count). The molecule has 0 radical (unpaired) electrons. The van der Waals surface area contributed by atoms with Crippen LogP contribution in [0, 0.1) is 0 Å². The van der Waals surface area contributed by atoms with Gasteiger partial charge in [-0.1, -0.05) is 42.5 Å². The lowest BCUT2D eigenvalue weighted by Gasteiger charge is -2.24. The Kier molecular flexibility index (Phi) is 4.89. The number of aromatic nitrogens is 2. The summed E-state index contributed by atoms with van der Waals surface area (Å²) in [7, 11) is 1.56. The van der Waals surface area contributed by atoms with Gasteiger partial charge in [0.15, 0.2) is 0 Å². The summed E-state index contributed by atoms with van der Waals surface area (Å²) in [4.78, 5) is 17.1. The Balaban J connectivity index is 1.40. The number of nitrogens with one attached hydrogen (secondary N) is 1. The number of imidazole rings is 1. The maximum Gasteiger partial charge on any atom is 0.255 e. The van der Waals surface area contributed by atoms with Crippen LogP contribution in [0.25, 0.3) is 11.3 Å². The van der Waals surface area contributed by atoms with Crippen LogP contribution in [0.2, 0.25) is 0 Å². The van der Waals surface area contributed by atoms with Crippen LogP contribution in [0.4, 0.5) is 0 Å². The Labute approximate surface area is 157 Å². The van der Waals surface area contributed by atoms with Gasteiger partial charge >= 0.3 is 0 Å². The molecule has 0 aliphatic carbocycles. The second-order valence-electron chi connectivity index (χ2n) is 6.40. The van der Waals surface area contributed by atoms with Crippen molar-refractivity contribution in [2.45, 2.75) is 19.3 Å². The molecule has 0 saturated carbocycles. The number of hydrogen-bond donors (Lipinski definition) is 1. The van der Waals surface area contributed by atoms with Crippen LogP contribution in [-0.2, 0) is 17.9 Å². The SMILES string of the molecule is COc1ccccc1C(=O)NC[C@H]1Cn2cc(-c3ccccc3)nc2CO1. The lowest BCUT2D eigenvalue weighted by molar-refractivity contribution is 0.00326. The number of fused-ring (bicyclic) bond motifs is 1. The van der Waals surface area contributed by atoms with Crippen molar-refractivity contribution in [1.82, 2.24) is 14.9 Å². The fraction of sp³-hybridized carbons (Fsp3) is 0.238. The summed E-state index contributed by atoms with van der Waals surface area (Å²) >= 11 is 0. The van der Waals surface area contributed by atoms with Gasteiger partial charge in [-0.25, -0.2) is 4.98 Å². The van der Waals surface area contributed by atoms with Gasteiger partial charge in [0.2, 0.25) is 0 Å². The highest BCUT2D eigenvalue weighted by atomic mass is 16.5. The predicted molar refractivity (Wildman–Crippen MR) is 102 cm³/mol. The highest BCUT2D eigenvalue weighted by Crippen LogP contribution is 2.22. The van der Waals surface area contributed by atoms with E-state index in [-0.39, 0.29) is 12.0 Å². The van der Waals surface area contributed by atoms with Gasteiger partial charge in [0, 0.05) is 18.3 Å². The number of amides is 1. The fourth-order valence-electron chi connectivity index (χ4n) is 3.20. The Morgan fingerprint density at radius 3 is 2.81 bits per heavy atom. The number of ether oxygens (including phenoxy) is 2. The standard InChI is InChI=1S/C21H21N3O3/c1-26-19-10-6-5-9-17(19)21(25)22-11-16-12-24-13-18(23-20(24)14-27-16)15-7-3-2-4-8-15/h2-10,13,16H,11-12,14H2,1H3,(H,22,25)/t16-/m0/s1. The third-order valence-corrected chi connectivity index (χ3v) is 4.62. The van der Waals surface area contributed by atoms with E-state index in [4.69, 9.17) is 9.47 Å². The monoisotopic (exact) mass is 363 g/mol. The van der Waals surface area contributed by atoms with Crippen molar-refractivity contribution in [3.8, 4) is 17.0 Å². The van der Waals surface area contributed by atoms with Crippen LogP contribution in [-0.4, -0.2) is 35.2 Å². The molecule has 0 unspecified atom stereocenters. The third kappa shape index (κ3) is 3.71. The number of methoxy groups -OCH3 is 1. The van der Waals surface area contributed by atoms with Gasteiger partial charge in [0.1, 0.15) is 18.2 Å². The smallest absolute Gasteiger partial charge is 0.255 e. The first kappa shape index (κ1) is 17.3. The number of rotatable bonds is 5. The molecule has 138 valence electrons. The second kappa shape index (κ2) is 7.63. The van der Waals surface area contributed by atoms with Gasteiger partial charge in [0.05, 0.1) is 31.0 Å². The first-order valence-electron chi connectivity index (χ1n) is 8.89. The van der Waals surface area contributed by atoms with Crippen LogP contribution in [0.3, 0.4) is 0 Å². The zero-order valence-corrected chi connectivity index (χ0v) is 15.1. The summed E-state index contributed by atoms with van der Waals surface area (Å²) in [6.07, 6.45) is 1.94. The van der Waals surface area contributed by atoms with Gasteiger partial charge in [-0.3, -0.25) is 4.79 Å². The van der Waals surface area contributed by atoms with E-state index in [1.54, 1.807) is 19.2 Å². The second-order valence-corrected chi connectivity index (χ2v) is 6.40. The van der Waals surface area contributed by atoms with Crippen LogP contribution >= 0.6 is 0 Å². The number of nitrogens with zero attached hydrogens (tertiary/aromatic N) is 2. The predicted octanol–water partition coefficient (Wildman–Crippen LogP) is 2.89. The molecular weight excluding hydrogens is 342 g/mol. The van der Waals surface area contributed by atoms with E-state index in [0.717, 1.165) is 17.1 Å². The maximum atomic E-state index is 12.4. The fourth-order valence-corrected chi connectivity index (χ4v) is 3.20. The lowest BCUT2D eigenvalue weighted by Crippen LogP contribution is -2.38. The molecule has 2 aromatic carbocycles. The number of hydrogen-bond acceptors (Lipinski definition) is 4. The van der Waals surface area contributed by atoms with E-state index < -0.39 is 0 Å². The van der Waals surface area contributed by atoms with E-state index >= 15 is 0 Å². The molecule has 1 aliphatic heterocycles. The summed E-state index contributed by atoms with van der Waals surface area (Å²) in [5, 5.41) is 2.94. The van der Waals surface area contributed by atoms with Crippen molar-refractivity contribution in [3.63, 3.8) is 0 Å². The third-order valence-electron chi connectivity index (χ3n) is 4.62. The van der Waals surface area contributed by atoms with E-state index in [0.29, 0.717) is 31.0 Å². The molecule has 1 amide bonds. The molecule has 0 spiro atoms. The van der Waals surface area contributed by atoms with Crippen molar-refractivity contribution in [2.24, 2.45) is 0 Å². The summed E-state index contributed by atoms with van der Waals surface area (Å²) < 4.78 is 13.2. The molecule has 0 fully saturated rings. The number of benzene rings is 2. The first-order chi connectivity index (χ1) is 13.2. The quantitative estimate of drug-likeness (QED) is 0.757. The molecule has 1 aliphatic rings. The van der Waals surface area contributed by atoms with Crippen molar-refractivity contribution >= 4 is 5.91 Å². The van der Waals surface area contributed by atoms with Crippen molar-refractivity contribution in [3.05, 3.63) is 72.2 Å². The highest BCUT2D eigenvalue weighted by Gasteiger charge is 2.22. The summed E-state index contributed by atoms with van der Waals surface area (Å²) in [6, 6.07) is 17.2. The normalized spacial score (nSPS) is 15.8. The van der Waals surface area contributed by atoms with Gasteiger partial charge in [-0.2, -0.15) is 0 Å². The molecule has 0 saturated heterocycles. The molecule has 6 heteroatoms. The van der Waals surface area contributed by atoms with E-state index in [9.17, 15) is 4.79 Å².